The molecule has 0 unspecified atom stereocenters. The van der Waals surface area contributed by atoms with Gasteiger partial charge in [0.2, 0.25) is 0 Å². The van der Waals surface area contributed by atoms with Gasteiger partial charge in [0.05, 0.1) is 26.2 Å². The zero-order valence-electron chi connectivity index (χ0n) is 16.9. The number of rotatable bonds is 6. The fourth-order valence-electron chi connectivity index (χ4n) is 3.27. The minimum atomic E-state index is -3.72. The van der Waals surface area contributed by atoms with Crippen molar-refractivity contribution in [1.29, 1.82) is 0 Å². The number of thiophene rings is 1. The molecule has 0 aliphatic carbocycles. The van der Waals surface area contributed by atoms with Crippen molar-refractivity contribution in [3.8, 4) is 0 Å². The summed E-state index contributed by atoms with van der Waals surface area (Å²) in [5, 5.41) is 4.07. The third-order valence-corrected chi connectivity index (χ3v) is 8.71. The second-order valence-corrected chi connectivity index (χ2v) is 11.2. The summed E-state index contributed by atoms with van der Waals surface area (Å²) >= 11 is 10.8. The van der Waals surface area contributed by atoms with Gasteiger partial charge >= 0.3 is 0 Å². The van der Waals surface area contributed by atoms with Crippen molar-refractivity contribution in [1.82, 2.24) is 0 Å². The van der Waals surface area contributed by atoms with E-state index >= 15 is 0 Å². The first kappa shape index (κ1) is 22.8. The molecule has 0 bridgehead atoms. The molecule has 0 radical (unpaired) electrons. The Labute approximate surface area is 203 Å². The predicted molar refractivity (Wildman–Crippen MR) is 136 cm³/mol. The van der Waals surface area contributed by atoms with Crippen molar-refractivity contribution in [2.75, 3.05) is 16.2 Å². The highest BCUT2D eigenvalue weighted by Gasteiger charge is 2.24. The Balaban J connectivity index is 1.65. The number of nitrogens with one attached hydrogen (secondary N) is 1. The highest BCUT2D eigenvalue weighted by atomic mass is 79.9. The normalized spacial score (nSPS) is 11.5. The number of carbonyl (C=O) groups excluding carboxylic acids is 1. The predicted octanol–water partition coefficient (Wildman–Crippen LogP) is 6.78. The summed E-state index contributed by atoms with van der Waals surface area (Å²) in [6, 6.07) is 20.7. The van der Waals surface area contributed by atoms with E-state index in [0.29, 0.717) is 21.3 Å². The van der Waals surface area contributed by atoms with Crippen LogP contribution in [0.25, 0.3) is 10.1 Å². The summed E-state index contributed by atoms with van der Waals surface area (Å²) in [4.78, 5) is 13.4. The summed E-state index contributed by atoms with van der Waals surface area (Å²) in [6.07, 6.45) is 0. The first-order valence-corrected chi connectivity index (χ1v) is 13.1. The molecule has 1 amide bonds. The van der Waals surface area contributed by atoms with Gasteiger partial charge in [-0.05, 0) is 73.0 Å². The number of anilines is 2. The molecule has 0 aliphatic heterocycles. The Hall–Kier alpha value is -2.39. The number of fused-ring (bicyclic) bond motifs is 1. The van der Waals surface area contributed by atoms with Crippen LogP contribution in [0.5, 0.6) is 0 Å². The molecule has 1 N–H and O–H groups in total. The van der Waals surface area contributed by atoms with Crippen molar-refractivity contribution in [3.05, 3.63) is 87.2 Å². The number of halogens is 2. The summed E-state index contributed by atoms with van der Waals surface area (Å²) in [5.41, 5.74) is 1.08. The van der Waals surface area contributed by atoms with E-state index in [4.69, 9.17) is 11.6 Å². The fraction of sp³-hybridized carbons (Fsp3) is 0.0870. The summed E-state index contributed by atoms with van der Waals surface area (Å²) in [6.45, 7) is 2.06. The van der Waals surface area contributed by atoms with Gasteiger partial charge in [-0.25, -0.2) is 8.42 Å². The Bertz CT molecular complexity index is 1400. The highest BCUT2D eigenvalue weighted by molar-refractivity contribution is 9.10. The van der Waals surface area contributed by atoms with Crippen molar-refractivity contribution >= 4 is 76.3 Å². The van der Waals surface area contributed by atoms with Gasteiger partial charge in [-0.15, -0.1) is 11.3 Å². The van der Waals surface area contributed by atoms with Gasteiger partial charge in [0.25, 0.3) is 15.9 Å². The van der Waals surface area contributed by atoms with E-state index in [0.717, 1.165) is 14.6 Å². The molecule has 164 valence electrons. The topological polar surface area (TPSA) is 66.5 Å². The second-order valence-electron chi connectivity index (χ2n) is 6.89. The smallest absolute Gasteiger partial charge is 0.265 e. The molecule has 9 heteroatoms. The largest absolute Gasteiger partial charge is 0.320 e. The Morgan fingerprint density at radius 1 is 1.06 bits per heavy atom. The average molecular weight is 550 g/mol. The molecule has 32 heavy (non-hydrogen) atoms. The molecule has 0 saturated heterocycles. The lowest BCUT2D eigenvalue weighted by Crippen LogP contribution is -2.30. The number of benzene rings is 3. The van der Waals surface area contributed by atoms with Crippen LogP contribution in [0.15, 0.2) is 82.2 Å². The molecule has 0 saturated carbocycles. The number of nitrogens with zero attached hydrogens (tertiary/aromatic N) is 1. The molecule has 3 aromatic carbocycles. The van der Waals surface area contributed by atoms with E-state index in [1.54, 1.807) is 73.7 Å². The van der Waals surface area contributed by atoms with Gasteiger partial charge in [0, 0.05) is 15.7 Å². The van der Waals surface area contributed by atoms with Gasteiger partial charge in [-0.1, -0.05) is 39.7 Å². The van der Waals surface area contributed by atoms with Crippen molar-refractivity contribution < 1.29 is 13.2 Å². The van der Waals surface area contributed by atoms with Gasteiger partial charge in [-0.3, -0.25) is 9.10 Å². The van der Waals surface area contributed by atoms with Crippen LogP contribution in [0.2, 0.25) is 5.02 Å². The second kappa shape index (κ2) is 9.23. The van der Waals surface area contributed by atoms with Crippen molar-refractivity contribution in [2.24, 2.45) is 0 Å². The molecule has 0 spiro atoms. The van der Waals surface area contributed by atoms with Crippen LogP contribution in [-0.2, 0) is 10.0 Å². The van der Waals surface area contributed by atoms with Crippen molar-refractivity contribution in [2.45, 2.75) is 11.8 Å². The summed E-state index contributed by atoms with van der Waals surface area (Å²) < 4.78 is 29.4. The molecule has 4 rings (SSSR count). The summed E-state index contributed by atoms with van der Waals surface area (Å²) in [5.74, 6) is -0.268. The van der Waals surface area contributed by atoms with Crippen LogP contribution in [-0.4, -0.2) is 20.9 Å². The molecule has 4 aromatic rings. The SMILES string of the molecule is CCN(c1ccc2sc(C(=O)Nc3ccccc3Cl)cc2c1)S(=O)(=O)c1ccc(Br)cc1. The molecular weight excluding hydrogens is 532 g/mol. The molecule has 0 atom stereocenters. The minimum Gasteiger partial charge on any atom is -0.320 e. The minimum absolute atomic E-state index is 0.216. The van der Waals surface area contributed by atoms with Gasteiger partial charge in [0.1, 0.15) is 0 Å². The van der Waals surface area contributed by atoms with E-state index in [-0.39, 0.29) is 17.3 Å². The maximum atomic E-state index is 13.2. The fourth-order valence-corrected chi connectivity index (χ4v) is 6.12. The lowest BCUT2D eigenvalue weighted by Gasteiger charge is -2.23. The molecule has 1 heterocycles. The van der Waals surface area contributed by atoms with Gasteiger partial charge in [-0.2, -0.15) is 0 Å². The van der Waals surface area contributed by atoms with Crippen LogP contribution in [0.4, 0.5) is 11.4 Å². The van der Waals surface area contributed by atoms with Gasteiger partial charge in [0.15, 0.2) is 0 Å². The van der Waals surface area contributed by atoms with Gasteiger partial charge < -0.3 is 5.32 Å². The van der Waals surface area contributed by atoms with Crippen LogP contribution >= 0.6 is 38.9 Å². The number of hydrogen-bond donors (Lipinski definition) is 1. The zero-order valence-corrected chi connectivity index (χ0v) is 20.9. The molecule has 0 aliphatic rings. The highest BCUT2D eigenvalue weighted by Crippen LogP contribution is 2.33. The number of para-hydroxylation sites is 1. The molecule has 1 aromatic heterocycles. The van der Waals surface area contributed by atoms with Crippen LogP contribution in [0, 0.1) is 0 Å². The van der Waals surface area contributed by atoms with E-state index in [2.05, 4.69) is 21.2 Å². The number of sulfonamides is 1. The first-order chi connectivity index (χ1) is 15.3. The van der Waals surface area contributed by atoms with Crippen LogP contribution in [0.1, 0.15) is 16.6 Å². The average Bonchev–Trinajstić information content (AvgIpc) is 3.20. The first-order valence-electron chi connectivity index (χ1n) is 9.67. The lowest BCUT2D eigenvalue weighted by molar-refractivity contribution is 0.103. The quantitative estimate of drug-likeness (QED) is 0.288. The number of carbonyl (C=O) groups is 1. The standard InChI is InChI=1S/C23H18BrClN2O3S2/c1-2-27(32(29,30)18-10-7-16(24)8-11-18)17-9-12-21-15(13-17)14-22(31-21)23(28)26-20-6-4-3-5-19(20)25/h3-14H,2H2,1H3,(H,26,28). The third-order valence-electron chi connectivity index (χ3n) is 4.82. The number of amides is 1. The Kier molecular flexibility index (Phi) is 6.57. The maximum absolute atomic E-state index is 13.2. The van der Waals surface area contributed by atoms with Crippen molar-refractivity contribution in [3.63, 3.8) is 0 Å². The lowest BCUT2D eigenvalue weighted by atomic mass is 10.2. The maximum Gasteiger partial charge on any atom is 0.265 e. The zero-order chi connectivity index (χ0) is 22.9. The summed E-state index contributed by atoms with van der Waals surface area (Å²) in [7, 11) is -3.72. The monoisotopic (exact) mass is 548 g/mol. The van der Waals surface area contributed by atoms with E-state index in [1.165, 1.54) is 15.6 Å². The Morgan fingerprint density at radius 3 is 2.47 bits per heavy atom. The molecule has 5 nitrogen and oxygen atoms in total. The van der Waals surface area contributed by atoms with Crippen LogP contribution < -0.4 is 9.62 Å². The van der Waals surface area contributed by atoms with E-state index < -0.39 is 10.0 Å². The third kappa shape index (κ3) is 4.54. The van der Waals surface area contributed by atoms with E-state index in [1.807, 2.05) is 6.07 Å². The van der Waals surface area contributed by atoms with Crippen LogP contribution in [0.3, 0.4) is 0 Å². The Morgan fingerprint density at radius 2 is 1.78 bits per heavy atom. The molecule has 0 fully saturated rings. The van der Waals surface area contributed by atoms with E-state index in [9.17, 15) is 13.2 Å². The number of hydrogen-bond acceptors (Lipinski definition) is 4. The molecular formula is C23H18BrClN2O3S2.